The molecule has 40 heavy (non-hydrogen) atoms. The number of nitrogens with one attached hydrogen (secondary N) is 1. The van der Waals surface area contributed by atoms with Gasteiger partial charge in [0.05, 0.1) is 24.4 Å². The monoisotopic (exact) mass is 566 g/mol. The van der Waals surface area contributed by atoms with Gasteiger partial charge >= 0.3 is 0 Å². The van der Waals surface area contributed by atoms with Crippen LogP contribution in [0.25, 0.3) is 22.4 Å². The van der Waals surface area contributed by atoms with Crippen LogP contribution >= 0.6 is 11.8 Å². The average Bonchev–Trinajstić information content (AvgIpc) is 3.56. The minimum atomic E-state index is -2.70. The first-order valence-electron chi connectivity index (χ1n) is 12.5. The summed E-state index contributed by atoms with van der Waals surface area (Å²) in [6.07, 6.45) is -1.39. The highest BCUT2D eigenvalue weighted by Crippen LogP contribution is 2.37. The van der Waals surface area contributed by atoms with E-state index in [0.717, 1.165) is 23.4 Å². The van der Waals surface area contributed by atoms with Gasteiger partial charge < -0.3 is 10.1 Å². The molecule has 0 saturated heterocycles. The minimum absolute atomic E-state index is 0.117. The number of ether oxygens (including phenoxy) is 1. The fraction of sp³-hybridized carbons (Fsp3) is 0.214. The van der Waals surface area contributed by atoms with Gasteiger partial charge in [0.1, 0.15) is 34.6 Å². The molecule has 5 aromatic rings. The predicted molar refractivity (Wildman–Crippen MR) is 145 cm³/mol. The van der Waals surface area contributed by atoms with Gasteiger partial charge in [-0.1, -0.05) is 18.2 Å². The van der Waals surface area contributed by atoms with E-state index in [1.54, 1.807) is 30.8 Å². The summed E-state index contributed by atoms with van der Waals surface area (Å²) < 4.78 is 63.0. The lowest BCUT2D eigenvalue weighted by molar-refractivity contribution is 0.146. The largest absolute Gasteiger partial charge is 0.494 e. The number of benzene rings is 2. The van der Waals surface area contributed by atoms with E-state index in [-0.39, 0.29) is 30.2 Å². The molecule has 0 radical (unpaired) electrons. The number of anilines is 2. The first-order chi connectivity index (χ1) is 19.4. The molecule has 0 atom stereocenters. The second-order valence-electron chi connectivity index (χ2n) is 9.03. The van der Waals surface area contributed by atoms with Gasteiger partial charge in [-0.05, 0) is 25.1 Å². The standard InChI is InChI=1S/C28H22F4N6OS/c1-2-39-16-10-20(29)18(21(30)11-16)12-38-24-6-4-3-5-17(24)25(37-38)28-35-23-14-40-13-19(23)27(36-28)34-15-7-8-33-22(9-15)26(31)32/h3-11,26H,2,12-14H2,1H3,(H,33,34,35,36). The molecule has 0 saturated carbocycles. The molecule has 7 nitrogen and oxygen atoms in total. The van der Waals surface area contributed by atoms with Gasteiger partial charge in [0, 0.05) is 52.0 Å². The molecule has 6 rings (SSSR count). The summed E-state index contributed by atoms with van der Waals surface area (Å²) in [5.41, 5.74) is 2.70. The van der Waals surface area contributed by atoms with Crippen LogP contribution in [0.4, 0.5) is 29.1 Å². The Bertz CT molecular complexity index is 1700. The molecule has 1 aliphatic rings. The topological polar surface area (TPSA) is 77.8 Å². The number of pyridine rings is 1. The van der Waals surface area contributed by atoms with Gasteiger partial charge in [-0.25, -0.2) is 27.5 Å². The van der Waals surface area contributed by atoms with Gasteiger partial charge in [-0.2, -0.15) is 16.9 Å². The Kier molecular flexibility index (Phi) is 7.01. The molecule has 204 valence electrons. The maximum Gasteiger partial charge on any atom is 0.280 e. The summed E-state index contributed by atoms with van der Waals surface area (Å²) in [5.74, 6) is 0.764. The number of aromatic nitrogens is 5. The number of thioether (sulfide) groups is 1. The summed E-state index contributed by atoms with van der Waals surface area (Å²) >= 11 is 1.66. The van der Waals surface area contributed by atoms with Crippen LogP contribution in [0.3, 0.4) is 0 Å². The van der Waals surface area contributed by atoms with Crippen molar-refractivity contribution in [2.75, 3.05) is 11.9 Å². The molecule has 0 bridgehead atoms. The van der Waals surface area contributed by atoms with Crippen LogP contribution in [0.2, 0.25) is 0 Å². The van der Waals surface area contributed by atoms with Crippen molar-refractivity contribution >= 4 is 34.2 Å². The Morgan fingerprint density at radius 2 is 1.85 bits per heavy atom. The number of rotatable bonds is 8. The van der Waals surface area contributed by atoms with E-state index in [2.05, 4.69) is 10.3 Å². The fourth-order valence-corrected chi connectivity index (χ4v) is 5.63. The Morgan fingerprint density at radius 3 is 2.62 bits per heavy atom. The molecule has 0 aliphatic carbocycles. The van der Waals surface area contributed by atoms with Gasteiger partial charge in [-0.3, -0.25) is 9.67 Å². The van der Waals surface area contributed by atoms with E-state index in [0.29, 0.717) is 45.4 Å². The lowest BCUT2D eigenvalue weighted by Gasteiger charge is -2.12. The normalized spacial score (nSPS) is 12.8. The predicted octanol–water partition coefficient (Wildman–Crippen LogP) is 7.04. The maximum absolute atomic E-state index is 14.9. The van der Waals surface area contributed by atoms with E-state index < -0.39 is 18.1 Å². The molecule has 1 aliphatic heterocycles. The van der Waals surface area contributed by atoms with Crippen molar-refractivity contribution < 1.29 is 22.3 Å². The summed E-state index contributed by atoms with van der Waals surface area (Å²) in [7, 11) is 0. The van der Waals surface area contributed by atoms with Crippen molar-refractivity contribution in [2.24, 2.45) is 0 Å². The quantitative estimate of drug-likeness (QED) is 0.202. The lowest BCUT2D eigenvalue weighted by Crippen LogP contribution is -2.08. The maximum atomic E-state index is 14.9. The third-order valence-electron chi connectivity index (χ3n) is 6.45. The summed E-state index contributed by atoms with van der Waals surface area (Å²) in [4.78, 5) is 13.2. The third-order valence-corrected chi connectivity index (χ3v) is 7.42. The summed E-state index contributed by atoms with van der Waals surface area (Å²) in [6.45, 7) is 1.86. The smallest absolute Gasteiger partial charge is 0.280 e. The first-order valence-corrected chi connectivity index (χ1v) is 13.6. The fourth-order valence-electron chi connectivity index (χ4n) is 4.59. The Hall–Kier alpha value is -4.19. The van der Waals surface area contributed by atoms with Crippen molar-refractivity contribution in [3.05, 3.63) is 88.9 Å². The zero-order valence-electron chi connectivity index (χ0n) is 21.2. The van der Waals surface area contributed by atoms with Crippen LogP contribution in [0.5, 0.6) is 5.75 Å². The van der Waals surface area contributed by atoms with Crippen molar-refractivity contribution in [3.63, 3.8) is 0 Å². The van der Waals surface area contributed by atoms with E-state index >= 15 is 0 Å². The summed E-state index contributed by atoms with van der Waals surface area (Å²) in [5, 5.41) is 8.55. The molecular formula is C28H22F4N6OS. The minimum Gasteiger partial charge on any atom is -0.494 e. The van der Waals surface area contributed by atoms with Crippen LogP contribution in [0.15, 0.2) is 54.7 Å². The molecule has 2 aromatic carbocycles. The number of alkyl halides is 2. The zero-order valence-corrected chi connectivity index (χ0v) is 22.0. The first kappa shape index (κ1) is 26.1. The van der Waals surface area contributed by atoms with E-state index in [9.17, 15) is 17.6 Å². The highest BCUT2D eigenvalue weighted by atomic mass is 32.2. The molecule has 3 aromatic heterocycles. The number of halogens is 4. The van der Waals surface area contributed by atoms with Gasteiger partial charge in [0.2, 0.25) is 0 Å². The van der Waals surface area contributed by atoms with Crippen LogP contribution in [0, 0.1) is 11.6 Å². The Balaban J connectivity index is 1.42. The van der Waals surface area contributed by atoms with Crippen LogP contribution < -0.4 is 10.1 Å². The molecule has 1 N–H and O–H groups in total. The number of hydrogen-bond donors (Lipinski definition) is 1. The molecule has 0 unspecified atom stereocenters. The van der Waals surface area contributed by atoms with Crippen LogP contribution in [0.1, 0.15) is 35.9 Å². The highest BCUT2D eigenvalue weighted by Gasteiger charge is 2.24. The third kappa shape index (κ3) is 4.94. The number of para-hydroxylation sites is 1. The molecule has 0 amide bonds. The molecule has 0 fully saturated rings. The van der Waals surface area contributed by atoms with Crippen molar-refractivity contribution in [1.82, 2.24) is 24.7 Å². The second kappa shape index (κ2) is 10.8. The molecule has 4 heterocycles. The van der Waals surface area contributed by atoms with Crippen LogP contribution in [-0.2, 0) is 18.1 Å². The van der Waals surface area contributed by atoms with Crippen LogP contribution in [-0.4, -0.2) is 31.3 Å². The zero-order chi connectivity index (χ0) is 27.8. The average molecular weight is 567 g/mol. The van der Waals surface area contributed by atoms with Gasteiger partial charge in [0.15, 0.2) is 5.82 Å². The van der Waals surface area contributed by atoms with E-state index in [4.69, 9.17) is 19.8 Å². The van der Waals surface area contributed by atoms with Crippen molar-refractivity contribution in [2.45, 2.75) is 31.4 Å². The number of fused-ring (bicyclic) bond motifs is 2. The number of hydrogen-bond acceptors (Lipinski definition) is 7. The van der Waals surface area contributed by atoms with E-state index in [1.165, 1.54) is 16.9 Å². The molecular weight excluding hydrogens is 544 g/mol. The van der Waals surface area contributed by atoms with Crippen molar-refractivity contribution in [1.29, 1.82) is 0 Å². The highest BCUT2D eigenvalue weighted by molar-refractivity contribution is 7.98. The lowest BCUT2D eigenvalue weighted by atomic mass is 10.1. The second-order valence-corrected chi connectivity index (χ2v) is 10.0. The Morgan fingerprint density at radius 1 is 1.05 bits per heavy atom. The van der Waals surface area contributed by atoms with E-state index in [1.807, 2.05) is 18.2 Å². The SMILES string of the molecule is CCOc1cc(F)c(Cn2nc(-c3nc4c(c(Nc5ccnc(C(F)F)c5)n3)CSC4)c3ccccc32)c(F)c1. The molecule has 12 heteroatoms. The summed E-state index contributed by atoms with van der Waals surface area (Å²) in [6, 6.07) is 12.5. The number of nitrogens with zero attached hydrogens (tertiary/aromatic N) is 5. The van der Waals surface area contributed by atoms with Gasteiger partial charge in [-0.15, -0.1) is 0 Å². The molecule has 0 spiro atoms. The van der Waals surface area contributed by atoms with Gasteiger partial charge in [0.25, 0.3) is 6.43 Å². The van der Waals surface area contributed by atoms with Crippen molar-refractivity contribution in [3.8, 4) is 17.3 Å². The Labute approximate surface area is 230 Å².